The molecule has 0 aliphatic carbocycles. The third kappa shape index (κ3) is 2.64. The highest BCUT2D eigenvalue weighted by molar-refractivity contribution is 5.93. The van der Waals surface area contributed by atoms with Crippen molar-refractivity contribution in [3.63, 3.8) is 0 Å². The summed E-state index contributed by atoms with van der Waals surface area (Å²) in [6.07, 6.45) is -3.88. The van der Waals surface area contributed by atoms with Crippen LogP contribution in [0.15, 0.2) is 24.4 Å². The van der Waals surface area contributed by atoms with Gasteiger partial charge in [-0.3, -0.25) is 4.79 Å². The second-order valence-electron chi connectivity index (χ2n) is 3.59. The lowest BCUT2D eigenvalue weighted by Gasteiger charge is -2.06. The Morgan fingerprint density at radius 3 is 2.58 bits per heavy atom. The number of fused-ring (bicyclic) bond motifs is 1. The second-order valence-corrected chi connectivity index (χ2v) is 3.59. The fraction of sp³-hybridized carbons (Fsp3) is 0.100. The number of carbonyl (C=O) groups is 2. The first-order valence-corrected chi connectivity index (χ1v) is 4.88. The number of hydrogen-bond donors (Lipinski definition) is 2. The van der Waals surface area contributed by atoms with Gasteiger partial charge in [0.05, 0.1) is 17.3 Å². The smallest absolute Gasteiger partial charge is 0.473 e. The lowest BCUT2D eigenvalue weighted by Crippen LogP contribution is -2.35. The molecule has 2 N–H and O–H groups in total. The molecule has 0 unspecified atom stereocenters. The molecule has 6 nitrogen and oxygen atoms in total. The molecule has 1 aromatic carbocycles. The van der Waals surface area contributed by atoms with Crippen LogP contribution in [0.2, 0.25) is 0 Å². The number of carboxylic acid groups (broad SMARTS) is 1. The van der Waals surface area contributed by atoms with Crippen molar-refractivity contribution in [3.05, 3.63) is 30.0 Å². The predicted octanol–water partition coefficient (Wildman–Crippen LogP) is 1.37. The van der Waals surface area contributed by atoms with Crippen molar-refractivity contribution in [1.82, 2.24) is 9.89 Å². The van der Waals surface area contributed by atoms with Gasteiger partial charge in [-0.25, -0.2) is 10.2 Å². The summed E-state index contributed by atoms with van der Waals surface area (Å²) in [5.74, 6) is -3.35. The minimum atomic E-state index is -5.02. The number of carbonyl (C=O) groups excluding carboxylic acids is 1. The van der Waals surface area contributed by atoms with E-state index < -0.39 is 18.1 Å². The minimum absolute atomic E-state index is 0.0557. The van der Waals surface area contributed by atoms with Crippen LogP contribution in [0.1, 0.15) is 10.4 Å². The van der Waals surface area contributed by atoms with Gasteiger partial charge in [-0.2, -0.15) is 23.1 Å². The van der Waals surface area contributed by atoms with Gasteiger partial charge in [0.1, 0.15) is 0 Å². The third-order valence-corrected chi connectivity index (χ3v) is 2.23. The van der Waals surface area contributed by atoms with E-state index in [4.69, 9.17) is 5.11 Å². The van der Waals surface area contributed by atoms with Crippen molar-refractivity contribution in [2.24, 2.45) is 0 Å². The maximum atomic E-state index is 12.0. The Bertz CT molecular complexity index is 663. The molecule has 0 spiro atoms. The number of nitrogens with one attached hydrogen (secondary N) is 1. The molecule has 0 saturated heterocycles. The van der Waals surface area contributed by atoms with Crippen LogP contribution in [-0.4, -0.2) is 33.0 Å². The molecule has 2 aromatic rings. The average molecular weight is 273 g/mol. The Morgan fingerprint density at radius 1 is 1.32 bits per heavy atom. The van der Waals surface area contributed by atoms with E-state index in [2.05, 4.69) is 5.10 Å². The topological polar surface area (TPSA) is 84.2 Å². The van der Waals surface area contributed by atoms with Gasteiger partial charge < -0.3 is 5.11 Å². The summed E-state index contributed by atoms with van der Waals surface area (Å²) in [6.45, 7) is 0. The minimum Gasteiger partial charge on any atom is -0.478 e. The number of rotatable bonds is 2. The fourth-order valence-corrected chi connectivity index (χ4v) is 1.37. The molecule has 1 heterocycles. The molecule has 0 saturated carbocycles. The van der Waals surface area contributed by atoms with E-state index in [0.29, 0.717) is 10.2 Å². The third-order valence-electron chi connectivity index (χ3n) is 2.23. The number of hydrogen-bond acceptors (Lipinski definition) is 3. The second kappa shape index (κ2) is 4.26. The molecule has 0 radical (unpaired) electrons. The number of nitrogens with zero attached hydrogens (tertiary/aromatic N) is 2. The van der Waals surface area contributed by atoms with Crippen molar-refractivity contribution in [3.8, 4) is 0 Å². The van der Waals surface area contributed by atoms with Gasteiger partial charge in [-0.1, -0.05) is 6.07 Å². The molecule has 0 bridgehead atoms. The zero-order valence-electron chi connectivity index (χ0n) is 9.10. The van der Waals surface area contributed by atoms with E-state index in [1.807, 2.05) is 0 Å². The first-order chi connectivity index (χ1) is 8.77. The monoisotopic (exact) mass is 273 g/mol. The van der Waals surface area contributed by atoms with Crippen LogP contribution >= 0.6 is 0 Å². The van der Waals surface area contributed by atoms with E-state index in [1.165, 1.54) is 23.6 Å². The Balaban J connectivity index is 2.32. The number of aromatic nitrogens is 2. The Labute approximate surface area is 103 Å². The number of alkyl halides is 3. The van der Waals surface area contributed by atoms with E-state index in [-0.39, 0.29) is 11.1 Å². The molecule has 9 heteroatoms. The average Bonchev–Trinajstić information content (AvgIpc) is 2.68. The Morgan fingerprint density at radius 2 is 2.00 bits per heavy atom. The molecule has 1 amide bonds. The highest BCUT2D eigenvalue weighted by atomic mass is 19.4. The number of amides is 1. The van der Waals surface area contributed by atoms with Gasteiger partial charge in [0.15, 0.2) is 0 Å². The first kappa shape index (κ1) is 12.9. The van der Waals surface area contributed by atoms with Gasteiger partial charge in [-0.15, -0.1) is 0 Å². The molecule has 0 atom stereocenters. The van der Waals surface area contributed by atoms with Crippen molar-refractivity contribution in [1.29, 1.82) is 0 Å². The number of halogens is 3. The normalized spacial score (nSPS) is 11.5. The molecule has 100 valence electrons. The molecule has 19 heavy (non-hydrogen) atoms. The summed E-state index contributed by atoms with van der Waals surface area (Å²) in [4.78, 5) is 22.0. The maximum Gasteiger partial charge on any atom is 0.473 e. The van der Waals surface area contributed by atoms with Crippen LogP contribution in [0.5, 0.6) is 0 Å². The van der Waals surface area contributed by atoms with Crippen molar-refractivity contribution < 1.29 is 27.9 Å². The Kier molecular flexibility index (Phi) is 2.89. The van der Waals surface area contributed by atoms with E-state index in [0.717, 1.165) is 6.20 Å². The van der Waals surface area contributed by atoms with Crippen LogP contribution in [0.25, 0.3) is 10.9 Å². The maximum absolute atomic E-state index is 12.0. The molecule has 0 aliphatic rings. The summed E-state index contributed by atoms with van der Waals surface area (Å²) in [7, 11) is 0. The van der Waals surface area contributed by atoms with Crippen LogP contribution in [-0.2, 0) is 4.79 Å². The number of aromatic carboxylic acids is 1. The van der Waals surface area contributed by atoms with Gasteiger partial charge in [0, 0.05) is 5.39 Å². The highest BCUT2D eigenvalue weighted by Gasteiger charge is 2.39. The van der Waals surface area contributed by atoms with E-state index in [1.54, 1.807) is 0 Å². The van der Waals surface area contributed by atoms with Crippen LogP contribution < -0.4 is 5.43 Å². The van der Waals surface area contributed by atoms with Gasteiger partial charge in [-0.05, 0) is 12.1 Å². The largest absolute Gasteiger partial charge is 0.478 e. The molecule has 0 aliphatic heterocycles. The van der Waals surface area contributed by atoms with E-state index in [9.17, 15) is 22.8 Å². The van der Waals surface area contributed by atoms with Crippen LogP contribution in [0, 0.1) is 0 Å². The number of benzene rings is 1. The molecular weight excluding hydrogens is 267 g/mol. The summed E-state index contributed by atoms with van der Waals surface area (Å²) in [6, 6.07) is 3.85. The van der Waals surface area contributed by atoms with Crippen molar-refractivity contribution in [2.75, 3.05) is 5.43 Å². The van der Waals surface area contributed by atoms with Crippen molar-refractivity contribution in [2.45, 2.75) is 6.18 Å². The van der Waals surface area contributed by atoms with Gasteiger partial charge >= 0.3 is 18.1 Å². The summed E-state index contributed by atoms with van der Waals surface area (Å²) >= 11 is 0. The molecule has 0 fully saturated rings. The zero-order valence-corrected chi connectivity index (χ0v) is 9.10. The molecule has 2 rings (SSSR count). The quantitative estimate of drug-likeness (QED) is 0.865. The van der Waals surface area contributed by atoms with Gasteiger partial charge in [0.25, 0.3) is 0 Å². The predicted molar refractivity (Wildman–Crippen MR) is 57.1 cm³/mol. The Hall–Kier alpha value is -2.58. The summed E-state index contributed by atoms with van der Waals surface area (Å²) < 4.78 is 36.1. The van der Waals surface area contributed by atoms with E-state index >= 15 is 0 Å². The SMILES string of the molecule is O=C(O)c1ccc2cn(NC(=O)C(F)(F)F)nc2c1. The summed E-state index contributed by atoms with van der Waals surface area (Å²) in [5.41, 5.74) is 1.61. The van der Waals surface area contributed by atoms with Gasteiger partial charge in [0.2, 0.25) is 0 Å². The lowest BCUT2D eigenvalue weighted by atomic mass is 10.2. The van der Waals surface area contributed by atoms with Crippen LogP contribution in [0.4, 0.5) is 13.2 Å². The molecular formula is C10H6F3N3O3. The highest BCUT2D eigenvalue weighted by Crippen LogP contribution is 2.17. The number of carboxylic acids is 1. The first-order valence-electron chi connectivity index (χ1n) is 4.88. The van der Waals surface area contributed by atoms with Crippen LogP contribution in [0.3, 0.4) is 0 Å². The van der Waals surface area contributed by atoms with Crippen molar-refractivity contribution >= 4 is 22.8 Å². The standard InChI is InChI=1S/C10H6F3N3O3/c11-10(12,13)9(19)15-16-4-6-2-1-5(8(17)18)3-7(6)14-16/h1-4H,(H,15,19)(H,17,18). The summed E-state index contributed by atoms with van der Waals surface area (Å²) in [5, 5.41) is 12.8. The zero-order chi connectivity index (χ0) is 14.2. The lowest BCUT2D eigenvalue weighted by molar-refractivity contribution is -0.168. The fourth-order valence-electron chi connectivity index (χ4n) is 1.37. The molecule has 1 aromatic heterocycles.